The van der Waals surface area contributed by atoms with Gasteiger partial charge in [-0.05, 0) is 139 Å². The van der Waals surface area contributed by atoms with E-state index in [9.17, 15) is 0 Å². The Kier molecular flexibility index (Phi) is 29.5. The normalized spacial score (nSPS) is 27.7. The molecule has 8 atom stereocenters. The third-order valence-corrected chi connectivity index (χ3v) is 21.8. The molecule has 0 bridgehead atoms. The summed E-state index contributed by atoms with van der Waals surface area (Å²) in [4.78, 5) is 4.92. The topological polar surface area (TPSA) is 6.48 Å². The second-order valence-corrected chi connectivity index (χ2v) is 24.5. The summed E-state index contributed by atoms with van der Waals surface area (Å²) in [5.74, 6) is 1.88. The first-order chi connectivity index (χ1) is 24.7. The molecule has 0 amide bonds. The van der Waals surface area contributed by atoms with Crippen LogP contribution >= 0.6 is 15.8 Å². The van der Waals surface area contributed by atoms with Gasteiger partial charge in [-0.2, -0.15) is 0 Å². The van der Waals surface area contributed by atoms with Gasteiger partial charge < -0.3 is 9.80 Å². The van der Waals surface area contributed by atoms with Crippen molar-refractivity contribution in [2.45, 2.75) is 222 Å². The molecule has 7 heteroatoms. The maximum atomic E-state index is 2.51. The van der Waals surface area contributed by atoms with Gasteiger partial charge in [0.2, 0.25) is 0 Å². The number of hydrogen-bond donors (Lipinski definition) is 0. The molecule has 6 fully saturated rings. The minimum Gasteiger partial charge on any atom is -0.306 e. The first-order valence-electron chi connectivity index (χ1n) is 22.6. The van der Waals surface area contributed by atoms with Gasteiger partial charge in [-0.25, -0.2) is 0 Å². The van der Waals surface area contributed by atoms with Gasteiger partial charge in [0.15, 0.2) is 0 Å². The molecule has 0 radical (unpaired) electrons. The van der Waals surface area contributed by atoms with E-state index < -0.39 is 0 Å². The molecular formula is C47H86Fe3N2P2. The Morgan fingerprint density at radius 1 is 0.444 bits per heavy atom. The molecule has 4 unspecified atom stereocenters. The summed E-state index contributed by atoms with van der Waals surface area (Å²) in [5.41, 5.74) is 5.07. The maximum Gasteiger partial charge on any atom is 0.00952 e. The van der Waals surface area contributed by atoms with Crippen molar-refractivity contribution in [3.05, 3.63) is 30.3 Å². The van der Waals surface area contributed by atoms with Gasteiger partial charge in [-0.15, -0.1) is 0 Å². The molecule has 6 aliphatic rings. The van der Waals surface area contributed by atoms with Crippen LogP contribution in [-0.2, 0) is 51.2 Å². The van der Waals surface area contributed by atoms with Crippen LogP contribution in [0.4, 0.5) is 0 Å². The molecule has 0 heterocycles. The molecule has 0 aliphatic heterocycles. The van der Waals surface area contributed by atoms with Crippen molar-refractivity contribution in [2.24, 2.45) is 11.8 Å². The molecule has 2 nitrogen and oxygen atoms in total. The third-order valence-electron chi connectivity index (χ3n) is 14.3. The fraction of sp³-hybridized carbons (Fsp3) is 0.872. The predicted octanol–water partition coefficient (Wildman–Crippen LogP) is 13.7. The van der Waals surface area contributed by atoms with Crippen LogP contribution < -0.4 is 5.30 Å². The summed E-state index contributed by atoms with van der Waals surface area (Å²) >= 11 is 0. The van der Waals surface area contributed by atoms with E-state index in [1.54, 1.807) is 18.1 Å². The first-order valence-corrected chi connectivity index (χ1v) is 25.7. The van der Waals surface area contributed by atoms with Crippen molar-refractivity contribution in [3.63, 3.8) is 0 Å². The number of rotatable bonds is 10. The van der Waals surface area contributed by atoms with E-state index in [1.807, 2.05) is 0 Å². The van der Waals surface area contributed by atoms with E-state index in [0.29, 0.717) is 0 Å². The zero-order valence-electron chi connectivity index (χ0n) is 36.4. The van der Waals surface area contributed by atoms with Crippen LogP contribution in [-0.4, -0.2) is 78.4 Å². The molecule has 0 aromatic heterocycles. The van der Waals surface area contributed by atoms with Crippen LogP contribution in [0.3, 0.4) is 0 Å². The fourth-order valence-corrected chi connectivity index (χ4v) is 19.5. The van der Waals surface area contributed by atoms with E-state index in [0.717, 1.165) is 52.2 Å². The van der Waals surface area contributed by atoms with E-state index in [4.69, 9.17) is 0 Å². The average molecular weight is 909 g/mol. The van der Waals surface area contributed by atoms with Crippen molar-refractivity contribution < 1.29 is 51.2 Å². The largest absolute Gasteiger partial charge is 0.306 e. The Hall–Kier alpha value is 1.56. The molecule has 6 aliphatic carbocycles. The van der Waals surface area contributed by atoms with E-state index in [2.05, 4.69) is 96.0 Å². The summed E-state index contributed by atoms with van der Waals surface area (Å²) < 4.78 is 0. The summed E-state index contributed by atoms with van der Waals surface area (Å²) in [7, 11) is 9.34. The Morgan fingerprint density at radius 2 is 0.815 bits per heavy atom. The maximum absolute atomic E-state index is 2.51. The van der Waals surface area contributed by atoms with E-state index in [1.165, 1.54) is 141 Å². The van der Waals surface area contributed by atoms with E-state index in [-0.39, 0.29) is 67.0 Å². The monoisotopic (exact) mass is 908 g/mol. The van der Waals surface area contributed by atoms with Crippen molar-refractivity contribution in [3.8, 4) is 0 Å². The zero-order valence-corrected chi connectivity index (χ0v) is 41.5. The Morgan fingerprint density at radius 3 is 1.20 bits per heavy atom. The summed E-state index contributed by atoms with van der Waals surface area (Å²) in [6.45, 7) is 9.95. The third kappa shape index (κ3) is 16.9. The van der Waals surface area contributed by atoms with Crippen LogP contribution in [0, 0.1) is 11.8 Å². The second kappa shape index (κ2) is 29.7. The van der Waals surface area contributed by atoms with Crippen molar-refractivity contribution in [1.29, 1.82) is 0 Å². The second-order valence-electron chi connectivity index (χ2n) is 18.4. The molecule has 7 rings (SSSR count). The van der Waals surface area contributed by atoms with Crippen LogP contribution in [0.2, 0.25) is 0 Å². The Balaban J connectivity index is 0.000000412. The number of benzene rings is 1. The number of hydrogen-bond acceptors (Lipinski definition) is 2. The smallest absolute Gasteiger partial charge is 0.00952 e. The first kappa shape index (κ1) is 53.6. The summed E-state index contributed by atoms with van der Waals surface area (Å²) in [6, 6.07) is 13.1. The van der Waals surface area contributed by atoms with Gasteiger partial charge >= 0.3 is 0 Å². The molecule has 0 spiro atoms. The van der Waals surface area contributed by atoms with Crippen molar-refractivity contribution in [2.75, 3.05) is 28.2 Å². The van der Waals surface area contributed by atoms with Crippen molar-refractivity contribution >= 4 is 21.1 Å². The molecule has 0 saturated heterocycles. The van der Waals surface area contributed by atoms with E-state index >= 15 is 0 Å². The Bertz CT molecular complexity index is 1000. The molecule has 54 heavy (non-hydrogen) atoms. The fourth-order valence-electron chi connectivity index (χ4n) is 11.0. The predicted molar refractivity (Wildman–Crippen MR) is 234 cm³/mol. The Labute approximate surface area is 372 Å². The molecule has 0 N–H and O–H groups in total. The summed E-state index contributed by atoms with van der Waals surface area (Å²) in [6.07, 6.45) is 35.9. The molecular weight excluding hydrogens is 822 g/mol. The minimum atomic E-state index is 0. The van der Waals surface area contributed by atoms with Crippen molar-refractivity contribution in [1.82, 2.24) is 9.80 Å². The zero-order chi connectivity index (χ0) is 36.6. The molecule has 6 saturated carbocycles. The summed E-state index contributed by atoms with van der Waals surface area (Å²) in [5, 5.41) is 1.69. The molecule has 318 valence electrons. The van der Waals surface area contributed by atoms with Crippen LogP contribution in [0.5, 0.6) is 0 Å². The van der Waals surface area contributed by atoms with Gasteiger partial charge in [0.1, 0.15) is 0 Å². The van der Waals surface area contributed by atoms with Gasteiger partial charge in [-0.3, -0.25) is 0 Å². The van der Waals surface area contributed by atoms with Gasteiger partial charge in [-0.1, -0.05) is 163 Å². The van der Waals surface area contributed by atoms with Gasteiger partial charge in [0.25, 0.3) is 0 Å². The number of nitrogens with zero attached hydrogens (tertiary/aromatic N) is 2. The standard InChI is InChI=1S/C20H32NP.C17H34NP.2C5H10.3Fe/c1-16(21(2)3)19-14-9-15-20(19)22(18-12-7-8-13-18)17-10-5-4-6-11-17;1-13(2)19(15-9-6-7-10-15)17-12-8-11-16(17)14(3)18(4)5;2*1-2-4-5-3-1;;;/h4-6,10-11,16,18-20H,7-9,12-15H2,1-3H3;13-17H,6-12H2,1-5H3;2*1-5H2;;;/t16-,19?,20?,22+;14-,16?,17?,19+;;;;;/m11...../s1. The average Bonchev–Trinajstić information content (AvgIpc) is 3.98. The molecule has 1 aromatic carbocycles. The van der Waals surface area contributed by atoms with Crippen LogP contribution in [0.15, 0.2) is 30.3 Å². The van der Waals surface area contributed by atoms with Gasteiger partial charge in [0, 0.05) is 63.3 Å². The SMILES string of the molecule is C1CCCC1.C1CCCC1.CC(C)[P@@](C1CCCC1)C1CCCC1[C@@H](C)N(C)C.C[C@H](C1CCCC1[P@@](c1ccccc1)C1CCCC1)N(C)C.[Fe].[Fe].[Fe]. The van der Waals surface area contributed by atoms with Crippen LogP contribution in [0.25, 0.3) is 0 Å². The molecule has 1 aromatic rings. The minimum absolute atomic E-state index is 0. The van der Waals surface area contributed by atoms with Gasteiger partial charge in [0.05, 0.1) is 0 Å². The quantitative estimate of drug-likeness (QED) is 0.170. The van der Waals surface area contributed by atoms with Crippen LogP contribution in [0.1, 0.15) is 182 Å².